The fourth-order valence-corrected chi connectivity index (χ4v) is 2.44. The van der Waals surface area contributed by atoms with Crippen molar-refractivity contribution in [3.8, 4) is 12.1 Å². The fraction of sp³-hybridized carbons (Fsp3) is 0.222. The molecule has 6 heteroatoms. The summed E-state index contributed by atoms with van der Waals surface area (Å²) in [4.78, 5) is 8.84. The number of hydrogen-bond acceptors (Lipinski definition) is 5. The highest BCUT2D eigenvalue weighted by Gasteiger charge is 2.19. The van der Waals surface area contributed by atoms with Crippen molar-refractivity contribution >= 4 is 17.2 Å². The molecule has 0 bridgehead atoms. The molecule has 4 N–H and O–H groups in total. The minimum atomic E-state index is 0.0276. The first-order valence-electron chi connectivity index (χ1n) is 7.60. The van der Waals surface area contributed by atoms with Crippen LogP contribution < -0.4 is 11.5 Å². The van der Waals surface area contributed by atoms with Gasteiger partial charge in [-0.1, -0.05) is 31.5 Å². The molecule has 24 heavy (non-hydrogen) atoms. The lowest BCUT2D eigenvalue weighted by atomic mass is 10.00. The summed E-state index contributed by atoms with van der Waals surface area (Å²) in [5, 5.41) is 18.3. The van der Waals surface area contributed by atoms with Crippen molar-refractivity contribution in [1.29, 1.82) is 10.5 Å². The van der Waals surface area contributed by atoms with E-state index < -0.39 is 0 Å². The Morgan fingerprint density at radius 1 is 1.21 bits per heavy atom. The highest BCUT2D eigenvalue weighted by Crippen LogP contribution is 2.25. The molecule has 0 radical (unpaired) electrons. The molecule has 6 nitrogen and oxygen atoms in total. The van der Waals surface area contributed by atoms with Crippen molar-refractivity contribution in [3.63, 3.8) is 0 Å². The van der Waals surface area contributed by atoms with Crippen LogP contribution in [-0.4, -0.2) is 10.8 Å². The van der Waals surface area contributed by atoms with E-state index in [2.05, 4.69) is 9.98 Å². The van der Waals surface area contributed by atoms with E-state index in [-0.39, 0.29) is 23.5 Å². The van der Waals surface area contributed by atoms with E-state index in [4.69, 9.17) is 16.7 Å². The number of pyridine rings is 1. The Kier molecular flexibility index (Phi) is 5.49. The molecule has 120 valence electrons. The van der Waals surface area contributed by atoms with Gasteiger partial charge in [0.25, 0.3) is 0 Å². The summed E-state index contributed by atoms with van der Waals surface area (Å²) in [6.45, 7) is 2.01. The summed E-state index contributed by atoms with van der Waals surface area (Å²) in [6, 6.07) is 13.3. The largest absolute Gasteiger partial charge is 0.397 e. The lowest BCUT2D eigenvalue weighted by Gasteiger charge is -2.14. The van der Waals surface area contributed by atoms with Gasteiger partial charge < -0.3 is 11.5 Å². The van der Waals surface area contributed by atoms with Crippen molar-refractivity contribution in [2.24, 2.45) is 10.7 Å². The summed E-state index contributed by atoms with van der Waals surface area (Å²) in [5.41, 5.74) is 15.0. The molecule has 1 heterocycles. The average Bonchev–Trinajstić information content (AvgIpc) is 2.56. The number of nitrogen functional groups attached to an aromatic ring is 1. The van der Waals surface area contributed by atoms with Crippen LogP contribution in [0.4, 0.5) is 11.4 Å². The van der Waals surface area contributed by atoms with Crippen LogP contribution in [0.1, 0.15) is 35.9 Å². The van der Waals surface area contributed by atoms with Gasteiger partial charge in [-0.15, -0.1) is 0 Å². The number of rotatable bonds is 5. The van der Waals surface area contributed by atoms with Gasteiger partial charge in [0.05, 0.1) is 46.4 Å². The Hall–Kier alpha value is -3.38. The first kappa shape index (κ1) is 17.0. The summed E-state index contributed by atoms with van der Waals surface area (Å²) in [7, 11) is 0. The number of aryl methyl sites for hydroxylation is 1. The molecule has 2 rings (SSSR count). The molecule has 0 spiro atoms. The molecule has 2 aromatic rings. The van der Waals surface area contributed by atoms with Crippen molar-refractivity contribution in [1.82, 2.24) is 4.98 Å². The second-order valence-corrected chi connectivity index (χ2v) is 5.20. The van der Waals surface area contributed by atoms with E-state index in [0.29, 0.717) is 29.1 Å². The monoisotopic (exact) mass is 318 g/mol. The first-order valence-corrected chi connectivity index (χ1v) is 7.60. The number of nitrogens with zero attached hydrogens (tertiary/aromatic N) is 4. The molecule has 0 amide bonds. The molecule has 0 fully saturated rings. The van der Waals surface area contributed by atoms with Crippen molar-refractivity contribution in [2.75, 3.05) is 5.73 Å². The maximum Gasteiger partial charge on any atom is 0.135 e. The van der Waals surface area contributed by atoms with Crippen molar-refractivity contribution in [2.45, 2.75) is 26.2 Å². The topological polar surface area (TPSA) is 125 Å². The van der Waals surface area contributed by atoms with Gasteiger partial charge in [-0.25, -0.2) is 4.99 Å². The Balaban J connectivity index is 2.66. The minimum Gasteiger partial charge on any atom is -0.397 e. The number of amidine groups is 1. The standard InChI is InChI=1S/C18H18N6/c1-2-6-15-16(18(22)23-12-7-4-3-5-8-12)17(21)13(11-20)14(24-15)9-10-19/h3-5,7-8H,2,6,9H2,1H3,(H2,21,24)(H2,22,23). The van der Waals surface area contributed by atoms with Crippen LogP contribution in [0.5, 0.6) is 0 Å². The number of aromatic nitrogens is 1. The Labute approximate surface area is 141 Å². The summed E-state index contributed by atoms with van der Waals surface area (Å²) < 4.78 is 0. The van der Waals surface area contributed by atoms with E-state index in [1.807, 2.05) is 49.4 Å². The smallest absolute Gasteiger partial charge is 0.135 e. The number of aliphatic imine (C=N–C) groups is 1. The quantitative estimate of drug-likeness (QED) is 0.647. The van der Waals surface area contributed by atoms with E-state index in [1.165, 1.54) is 0 Å². The van der Waals surface area contributed by atoms with Gasteiger partial charge in [-0.2, -0.15) is 10.5 Å². The number of benzene rings is 1. The van der Waals surface area contributed by atoms with Crippen LogP contribution in [-0.2, 0) is 12.8 Å². The van der Waals surface area contributed by atoms with Gasteiger partial charge in [0.2, 0.25) is 0 Å². The molecule has 1 aromatic heterocycles. The first-order chi connectivity index (χ1) is 11.6. The van der Waals surface area contributed by atoms with Crippen LogP contribution in [0, 0.1) is 22.7 Å². The van der Waals surface area contributed by atoms with Gasteiger partial charge in [-0.3, -0.25) is 4.98 Å². The number of hydrogen-bond donors (Lipinski definition) is 2. The second-order valence-electron chi connectivity index (χ2n) is 5.20. The van der Waals surface area contributed by atoms with Gasteiger partial charge in [0.1, 0.15) is 11.9 Å². The average molecular weight is 318 g/mol. The maximum absolute atomic E-state index is 9.38. The highest BCUT2D eigenvalue weighted by atomic mass is 14.9. The molecule has 0 atom stereocenters. The predicted molar refractivity (Wildman–Crippen MR) is 93.5 cm³/mol. The predicted octanol–water partition coefficient (Wildman–Crippen LogP) is 2.59. The molecule has 0 unspecified atom stereocenters. The van der Waals surface area contributed by atoms with Crippen LogP contribution in [0.3, 0.4) is 0 Å². The molecule has 0 aliphatic heterocycles. The van der Waals surface area contributed by atoms with Crippen molar-refractivity contribution < 1.29 is 0 Å². The van der Waals surface area contributed by atoms with Crippen LogP contribution in [0.15, 0.2) is 35.3 Å². The molecule has 0 aliphatic rings. The number of nitrogens with two attached hydrogens (primary N) is 2. The Morgan fingerprint density at radius 3 is 2.50 bits per heavy atom. The third kappa shape index (κ3) is 3.50. The van der Waals surface area contributed by atoms with Gasteiger partial charge >= 0.3 is 0 Å². The SMILES string of the molecule is CCCc1nc(CC#N)c(C#N)c(N)c1C(N)=Nc1ccccc1. The second kappa shape index (κ2) is 7.75. The zero-order chi connectivity index (χ0) is 17.5. The Bertz CT molecular complexity index is 841. The molecule has 0 saturated heterocycles. The minimum absolute atomic E-state index is 0.0276. The summed E-state index contributed by atoms with van der Waals surface area (Å²) in [5.74, 6) is 0.217. The molecular weight excluding hydrogens is 300 g/mol. The third-order valence-corrected chi connectivity index (χ3v) is 3.49. The highest BCUT2D eigenvalue weighted by molar-refractivity contribution is 6.05. The summed E-state index contributed by atoms with van der Waals surface area (Å²) >= 11 is 0. The molecule has 0 saturated carbocycles. The summed E-state index contributed by atoms with van der Waals surface area (Å²) in [6.07, 6.45) is 1.49. The van der Waals surface area contributed by atoms with Crippen LogP contribution in [0.25, 0.3) is 0 Å². The van der Waals surface area contributed by atoms with Crippen molar-refractivity contribution in [3.05, 3.63) is 52.8 Å². The van der Waals surface area contributed by atoms with Gasteiger partial charge in [0.15, 0.2) is 0 Å². The zero-order valence-electron chi connectivity index (χ0n) is 13.5. The van der Waals surface area contributed by atoms with Crippen LogP contribution in [0.2, 0.25) is 0 Å². The third-order valence-electron chi connectivity index (χ3n) is 3.49. The van der Waals surface area contributed by atoms with E-state index in [9.17, 15) is 5.26 Å². The normalized spacial score (nSPS) is 10.9. The number of nitriles is 2. The fourth-order valence-electron chi connectivity index (χ4n) is 2.44. The lowest BCUT2D eigenvalue weighted by molar-refractivity contribution is 0.865. The van der Waals surface area contributed by atoms with E-state index >= 15 is 0 Å². The zero-order valence-corrected chi connectivity index (χ0v) is 13.5. The number of anilines is 1. The Morgan fingerprint density at radius 2 is 1.92 bits per heavy atom. The van der Waals surface area contributed by atoms with E-state index in [0.717, 1.165) is 6.42 Å². The van der Waals surface area contributed by atoms with E-state index in [1.54, 1.807) is 0 Å². The van der Waals surface area contributed by atoms with Crippen LogP contribution >= 0.6 is 0 Å². The molecular formula is C18H18N6. The van der Waals surface area contributed by atoms with Gasteiger partial charge in [-0.05, 0) is 18.6 Å². The molecule has 0 aliphatic carbocycles. The maximum atomic E-state index is 9.38. The number of para-hydroxylation sites is 1. The molecule has 1 aromatic carbocycles. The van der Waals surface area contributed by atoms with Gasteiger partial charge in [0, 0.05) is 0 Å². The lowest BCUT2D eigenvalue weighted by Crippen LogP contribution is -2.21.